The fourth-order valence-electron chi connectivity index (χ4n) is 6.20. The van der Waals surface area contributed by atoms with Crippen molar-refractivity contribution in [3.05, 3.63) is 129 Å². The number of ether oxygens (including phenoxy) is 2. The third kappa shape index (κ3) is 13.2. The highest BCUT2D eigenvalue weighted by Crippen LogP contribution is 2.39. The first kappa shape index (κ1) is 50.3. The Morgan fingerprint density at radius 1 is 0.561 bits per heavy atom. The van der Waals surface area contributed by atoms with E-state index in [1.165, 1.54) is 62.8 Å². The number of anilines is 4. The smallest absolute Gasteiger partial charge is 0.259 e. The zero-order valence-corrected chi connectivity index (χ0v) is 38.8. The van der Waals surface area contributed by atoms with E-state index in [1.807, 2.05) is 24.3 Å². The summed E-state index contributed by atoms with van der Waals surface area (Å²) in [7, 11) is 2.57. The molecule has 0 fully saturated rings. The molecular weight excluding hydrogens is 934 g/mol. The van der Waals surface area contributed by atoms with Crippen LogP contribution in [0.5, 0.6) is 11.5 Å². The minimum absolute atomic E-state index is 0.0172. The first-order chi connectivity index (χ1) is 31.7. The molecule has 0 aromatic heterocycles. The normalized spacial score (nSPS) is 12.0. The summed E-state index contributed by atoms with van der Waals surface area (Å²) in [6.07, 6.45) is 1.05. The number of methoxy groups -OCH3 is 2. The average molecular weight is 977 g/mol. The van der Waals surface area contributed by atoms with Gasteiger partial charge in [-0.25, -0.2) is 0 Å². The number of halogens is 4. The molecule has 0 heterocycles. The second-order valence-corrected chi connectivity index (χ2v) is 15.7. The predicted octanol–water partition coefficient (Wildman–Crippen LogP) is 10.4. The van der Waals surface area contributed by atoms with Gasteiger partial charge in [-0.1, -0.05) is 59.6 Å². The number of amides is 4. The van der Waals surface area contributed by atoms with Gasteiger partial charge in [0.25, 0.3) is 23.6 Å². The van der Waals surface area contributed by atoms with Gasteiger partial charge in [-0.15, -0.1) is 23.2 Å². The summed E-state index contributed by atoms with van der Waals surface area (Å²) < 4.78 is 11.0. The predicted molar refractivity (Wildman–Crippen MR) is 255 cm³/mol. The average Bonchev–Trinajstić information content (AvgIpc) is 3.29. The third-order valence-corrected chi connectivity index (χ3v) is 10.6. The fraction of sp³-hybridized carbons (Fsp3) is 0.217. The van der Waals surface area contributed by atoms with Gasteiger partial charge in [-0.05, 0) is 86.3 Å². The fourth-order valence-corrected chi connectivity index (χ4v) is 7.01. The maximum atomic E-state index is 13.6. The van der Waals surface area contributed by atoms with Crippen molar-refractivity contribution in [1.29, 1.82) is 0 Å². The second-order valence-electron chi connectivity index (χ2n) is 14.1. The van der Waals surface area contributed by atoms with Crippen molar-refractivity contribution >= 4 is 116 Å². The van der Waals surface area contributed by atoms with Crippen molar-refractivity contribution < 1.29 is 38.2 Å². The number of para-hydroxylation sites is 2. The highest BCUT2D eigenvalue weighted by molar-refractivity contribution is 6.35. The van der Waals surface area contributed by atoms with Crippen LogP contribution in [0.1, 0.15) is 45.7 Å². The minimum atomic E-state index is -1.67. The van der Waals surface area contributed by atoms with Gasteiger partial charge in [0.15, 0.2) is 11.6 Å². The Morgan fingerprint density at radius 3 is 1.36 bits per heavy atom. The molecule has 0 saturated heterocycles. The van der Waals surface area contributed by atoms with Crippen LogP contribution in [0.4, 0.5) is 34.1 Å². The summed E-state index contributed by atoms with van der Waals surface area (Å²) in [5.74, 6) is -3.53. The van der Waals surface area contributed by atoms with Crippen LogP contribution >= 0.6 is 46.4 Å². The van der Waals surface area contributed by atoms with E-state index in [2.05, 4.69) is 41.7 Å². The maximum Gasteiger partial charge on any atom is 0.259 e. The Kier molecular flexibility index (Phi) is 18.3. The first-order valence-electron chi connectivity index (χ1n) is 19.9. The number of azo groups is 2. The maximum absolute atomic E-state index is 13.6. The number of carbonyl (C=O) groups excluding carboxylic acids is 6. The van der Waals surface area contributed by atoms with Crippen LogP contribution in [0.2, 0.25) is 10.0 Å². The second kappa shape index (κ2) is 24.0. The van der Waals surface area contributed by atoms with Gasteiger partial charge >= 0.3 is 0 Å². The van der Waals surface area contributed by atoms with Crippen molar-refractivity contribution in [3.8, 4) is 11.5 Å². The number of Topliss-reactive ketones (excluding diaryl/α,β-unsaturated/α-hetero) is 2. The number of benzene rings is 5. The van der Waals surface area contributed by atoms with Crippen molar-refractivity contribution in [3.63, 3.8) is 0 Å². The molecule has 0 radical (unpaired) electrons. The van der Waals surface area contributed by atoms with E-state index >= 15 is 0 Å². The van der Waals surface area contributed by atoms with Gasteiger partial charge in [0, 0.05) is 41.0 Å². The molecule has 66 heavy (non-hydrogen) atoms. The number of nitrogens with one attached hydrogen (secondary N) is 4. The Bertz CT molecular complexity index is 2690. The van der Waals surface area contributed by atoms with Gasteiger partial charge in [-0.2, -0.15) is 20.5 Å². The van der Waals surface area contributed by atoms with E-state index < -0.39 is 47.3 Å². The van der Waals surface area contributed by atoms with Crippen molar-refractivity contribution in [2.75, 3.05) is 47.2 Å². The number of hydrogen-bond acceptors (Lipinski definition) is 12. The lowest BCUT2D eigenvalue weighted by Gasteiger charge is -2.18. The molecule has 0 spiro atoms. The monoisotopic (exact) mass is 974 g/mol. The van der Waals surface area contributed by atoms with Crippen LogP contribution in [0.15, 0.2) is 118 Å². The highest BCUT2D eigenvalue weighted by Gasteiger charge is 2.28. The summed E-state index contributed by atoms with van der Waals surface area (Å²) in [5, 5.41) is 27.1. The molecule has 2 atom stereocenters. The summed E-state index contributed by atoms with van der Waals surface area (Å²) in [6.45, 7) is 2.30. The number of hydrogen-bond donors (Lipinski definition) is 4. The van der Waals surface area contributed by atoms with E-state index in [-0.39, 0.29) is 55.4 Å². The Hall–Kier alpha value is -6.72. The molecule has 0 bridgehead atoms. The van der Waals surface area contributed by atoms with Gasteiger partial charge in [0.2, 0.25) is 12.1 Å². The summed E-state index contributed by atoms with van der Waals surface area (Å²) in [6, 6.07) is 22.2. The topological polar surface area (TPSA) is 218 Å². The summed E-state index contributed by atoms with van der Waals surface area (Å²) in [4.78, 5) is 79.0. The van der Waals surface area contributed by atoms with Gasteiger partial charge in [0.05, 0.1) is 46.8 Å². The number of rotatable bonds is 20. The molecule has 0 aliphatic carbocycles. The van der Waals surface area contributed by atoms with Crippen LogP contribution in [0.3, 0.4) is 0 Å². The van der Waals surface area contributed by atoms with E-state index in [0.717, 1.165) is 25.0 Å². The summed E-state index contributed by atoms with van der Waals surface area (Å²) in [5.41, 5.74) is 3.19. The molecule has 16 nitrogen and oxygen atoms in total. The SMILES string of the molecule is COc1cc(NC(=O)C(N=Nc2ccc(Cl)c(C(=O)Nc3ccccc3CCCl)c2)C(C)=O)cc(OC)c1NC(=O)C(N=Nc1ccc(Cl)c(C(=O)Nc2ccccc2CCCl)c1)C(C)=O. The van der Waals surface area contributed by atoms with E-state index in [4.69, 9.17) is 55.9 Å². The lowest BCUT2D eigenvalue weighted by atomic mass is 10.1. The Labute approximate surface area is 399 Å². The van der Waals surface area contributed by atoms with Crippen LogP contribution in [0, 0.1) is 0 Å². The van der Waals surface area contributed by atoms with Crippen LogP contribution in [-0.2, 0) is 32.0 Å². The molecule has 0 aliphatic heterocycles. The molecule has 5 aromatic rings. The number of ketones is 2. The van der Waals surface area contributed by atoms with Gasteiger partial charge < -0.3 is 30.7 Å². The van der Waals surface area contributed by atoms with Crippen LogP contribution in [-0.4, -0.2) is 73.3 Å². The number of alkyl halides is 2. The molecule has 20 heteroatoms. The molecule has 2 unspecified atom stereocenters. The first-order valence-corrected chi connectivity index (χ1v) is 21.7. The molecule has 0 aliphatic rings. The quantitative estimate of drug-likeness (QED) is 0.0333. The lowest BCUT2D eigenvalue weighted by Crippen LogP contribution is -2.32. The molecular formula is C46H42Cl4N8O8. The number of aryl methyl sites for hydroxylation is 2. The Balaban J connectivity index is 1.30. The Morgan fingerprint density at radius 2 is 0.970 bits per heavy atom. The van der Waals surface area contributed by atoms with Crippen molar-refractivity contribution in [2.24, 2.45) is 20.5 Å². The molecule has 342 valence electrons. The largest absolute Gasteiger partial charge is 0.494 e. The number of nitrogens with zero attached hydrogens (tertiary/aromatic N) is 4. The van der Waals surface area contributed by atoms with E-state index in [0.29, 0.717) is 36.0 Å². The third-order valence-electron chi connectivity index (χ3n) is 9.51. The van der Waals surface area contributed by atoms with E-state index in [1.54, 1.807) is 24.3 Å². The highest BCUT2D eigenvalue weighted by atomic mass is 35.5. The van der Waals surface area contributed by atoms with Crippen LogP contribution in [0.25, 0.3) is 0 Å². The molecule has 4 N–H and O–H groups in total. The molecule has 5 rings (SSSR count). The molecule has 5 aromatic carbocycles. The standard InChI is InChI=1S/C46H42Cl4N8O8/c1-25(59)40(57-55-29-13-15-34(49)32(21-29)43(61)52-36-11-7-5-9-27(36)17-19-47)45(63)51-31-23-38(65-3)42(39(24-31)66-4)54-46(64)41(26(2)60)58-56-30-14-16-35(50)33(22-30)44(62)53-37-12-8-6-10-28(37)18-20-48/h5-16,21-24,40-41H,17-20H2,1-4H3,(H,51,63)(H,52,61)(H,53,62)(H,54,64). The van der Waals surface area contributed by atoms with Gasteiger partial charge in [-0.3, -0.25) is 28.8 Å². The molecule has 0 saturated carbocycles. The van der Waals surface area contributed by atoms with Crippen LogP contribution < -0.4 is 30.7 Å². The van der Waals surface area contributed by atoms with Crippen molar-refractivity contribution in [2.45, 2.75) is 38.8 Å². The zero-order chi connectivity index (χ0) is 47.9. The van der Waals surface area contributed by atoms with Gasteiger partial charge in [0.1, 0.15) is 17.2 Å². The molecule has 4 amide bonds. The van der Waals surface area contributed by atoms with E-state index in [9.17, 15) is 28.8 Å². The summed E-state index contributed by atoms with van der Waals surface area (Å²) >= 11 is 24.6. The minimum Gasteiger partial charge on any atom is -0.494 e. The van der Waals surface area contributed by atoms with Crippen molar-refractivity contribution in [1.82, 2.24) is 0 Å². The lowest BCUT2D eigenvalue weighted by molar-refractivity contribution is -0.127. The zero-order valence-electron chi connectivity index (χ0n) is 35.8. The number of carbonyl (C=O) groups is 6.